The van der Waals surface area contributed by atoms with Gasteiger partial charge >= 0.3 is 0 Å². The number of hydrogen-bond acceptors (Lipinski definition) is 4. The molecule has 0 aliphatic carbocycles. The SMILES string of the molecule is Br.OC1(C(c2ccc(F)cc2)c2cccc(F)c2)CSC2=NCC=CCN21. The number of amidine groups is 1. The first-order valence-electron chi connectivity index (χ1n) is 8.41. The molecule has 3 nitrogen and oxygen atoms in total. The molecule has 2 heterocycles. The minimum Gasteiger partial charge on any atom is -0.369 e. The van der Waals surface area contributed by atoms with Crippen LogP contribution in [0.4, 0.5) is 8.78 Å². The van der Waals surface area contributed by atoms with E-state index in [1.54, 1.807) is 24.3 Å². The van der Waals surface area contributed by atoms with E-state index in [1.807, 2.05) is 17.1 Å². The molecule has 2 aliphatic rings. The Bertz CT molecular complexity index is 875. The Morgan fingerprint density at radius 3 is 2.56 bits per heavy atom. The summed E-state index contributed by atoms with van der Waals surface area (Å²) < 4.78 is 27.4. The lowest BCUT2D eigenvalue weighted by molar-refractivity contribution is -0.0503. The first-order valence-corrected chi connectivity index (χ1v) is 9.40. The summed E-state index contributed by atoms with van der Waals surface area (Å²) in [6, 6.07) is 12.3. The third kappa shape index (κ3) is 3.81. The van der Waals surface area contributed by atoms with Gasteiger partial charge in [-0.25, -0.2) is 8.78 Å². The van der Waals surface area contributed by atoms with E-state index in [1.165, 1.54) is 36.0 Å². The number of thioether (sulfide) groups is 1. The van der Waals surface area contributed by atoms with Gasteiger partial charge in [0.1, 0.15) is 11.6 Å². The van der Waals surface area contributed by atoms with Gasteiger partial charge in [0.15, 0.2) is 10.9 Å². The average Bonchev–Trinajstić information content (AvgIpc) is 2.81. The molecule has 27 heavy (non-hydrogen) atoms. The third-order valence-electron chi connectivity index (χ3n) is 4.75. The van der Waals surface area contributed by atoms with Crippen LogP contribution in [0.2, 0.25) is 0 Å². The molecule has 2 unspecified atom stereocenters. The van der Waals surface area contributed by atoms with Crippen LogP contribution in [0.1, 0.15) is 17.0 Å². The Morgan fingerprint density at radius 1 is 1.04 bits per heavy atom. The number of rotatable bonds is 3. The number of benzene rings is 2. The summed E-state index contributed by atoms with van der Waals surface area (Å²) >= 11 is 1.49. The number of aliphatic hydroxyl groups is 1. The van der Waals surface area contributed by atoms with Gasteiger partial charge < -0.3 is 10.0 Å². The van der Waals surface area contributed by atoms with Crippen molar-refractivity contribution in [1.82, 2.24) is 4.90 Å². The number of fused-ring (bicyclic) bond motifs is 1. The van der Waals surface area contributed by atoms with E-state index >= 15 is 0 Å². The van der Waals surface area contributed by atoms with Crippen LogP contribution < -0.4 is 0 Å². The van der Waals surface area contributed by atoms with Crippen LogP contribution in [0.3, 0.4) is 0 Å². The van der Waals surface area contributed by atoms with Gasteiger partial charge in [0.05, 0.1) is 18.2 Å². The summed E-state index contributed by atoms with van der Waals surface area (Å²) in [5, 5.41) is 12.5. The Hall–Kier alpha value is -1.70. The molecule has 1 fully saturated rings. The Labute approximate surface area is 171 Å². The maximum atomic E-state index is 13.9. The zero-order valence-electron chi connectivity index (χ0n) is 14.4. The second kappa shape index (κ2) is 8.12. The average molecular weight is 453 g/mol. The number of aliphatic imine (C=N–C) groups is 1. The topological polar surface area (TPSA) is 35.8 Å². The van der Waals surface area contributed by atoms with E-state index in [2.05, 4.69) is 4.99 Å². The monoisotopic (exact) mass is 452 g/mol. The Morgan fingerprint density at radius 2 is 1.81 bits per heavy atom. The molecule has 0 saturated carbocycles. The summed E-state index contributed by atoms with van der Waals surface area (Å²) in [4.78, 5) is 6.37. The zero-order chi connectivity index (χ0) is 18.1. The van der Waals surface area contributed by atoms with Gasteiger partial charge in [-0.2, -0.15) is 0 Å². The molecule has 1 saturated heterocycles. The highest BCUT2D eigenvalue weighted by molar-refractivity contribution is 8.93. The normalized spacial score (nSPS) is 22.5. The number of hydrogen-bond donors (Lipinski definition) is 1. The van der Waals surface area contributed by atoms with Crippen LogP contribution in [0.5, 0.6) is 0 Å². The van der Waals surface area contributed by atoms with Crippen LogP contribution in [0.25, 0.3) is 0 Å². The van der Waals surface area contributed by atoms with Crippen LogP contribution in [0.15, 0.2) is 65.7 Å². The first kappa shape index (κ1) is 20.0. The van der Waals surface area contributed by atoms with Gasteiger partial charge in [-0.05, 0) is 35.4 Å². The third-order valence-corrected chi connectivity index (χ3v) is 5.92. The molecule has 0 aromatic heterocycles. The highest BCUT2D eigenvalue weighted by atomic mass is 79.9. The fraction of sp³-hybridized carbons (Fsp3) is 0.250. The fourth-order valence-electron chi connectivity index (χ4n) is 3.55. The zero-order valence-corrected chi connectivity index (χ0v) is 16.9. The van der Waals surface area contributed by atoms with Crippen LogP contribution in [-0.2, 0) is 0 Å². The van der Waals surface area contributed by atoms with Gasteiger partial charge in [0, 0.05) is 6.54 Å². The van der Waals surface area contributed by atoms with Gasteiger partial charge in [-0.1, -0.05) is 48.2 Å². The smallest absolute Gasteiger partial charge is 0.162 e. The van der Waals surface area contributed by atoms with E-state index in [4.69, 9.17) is 0 Å². The largest absolute Gasteiger partial charge is 0.369 e. The first-order chi connectivity index (χ1) is 12.6. The predicted molar refractivity (Wildman–Crippen MR) is 111 cm³/mol. The van der Waals surface area contributed by atoms with Crippen molar-refractivity contribution in [3.63, 3.8) is 0 Å². The van der Waals surface area contributed by atoms with Crippen LogP contribution in [0, 0.1) is 11.6 Å². The molecule has 0 amide bonds. The van der Waals surface area contributed by atoms with Gasteiger partial charge in [-0.15, -0.1) is 17.0 Å². The lowest BCUT2D eigenvalue weighted by Gasteiger charge is -2.40. The minimum atomic E-state index is -1.29. The molecule has 142 valence electrons. The quantitative estimate of drug-likeness (QED) is 0.703. The predicted octanol–water partition coefficient (Wildman–Crippen LogP) is 4.34. The van der Waals surface area contributed by atoms with E-state index in [-0.39, 0.29) is 28.6 Å². The molecule has 1 N–H and O–H groups in total. The molecular formula is C20H19BrF2N2OS. The molecule has 2 atom stereocenters. The molecule has 0 spiro atoms. The van der Waals surface area contributed by atoms with Crippen molar-refractivity contribution in [2.24, 2.45) is 4.99 Å². The highest BCUT2D eigenvalue weighted by Crippen LogP contribution is 2.45. The molecule has 0 radical (unpaired) electrons. The summed E-state index contributed by atoms with van der Waals surface area (Å²) in [5.41, 5.74) is 0.0906. The van der Waals surface area contributed by atoms with E-state index in [0.29, 0.717) is 24.4 Å². The fourth-order valence-corrected chi connectivity index (χ4v) is 4.77. The highest BCUT2D eigenvalue weighted by Gasteiger charge is 2.50. The molecule has 2 aromatic rings. The van der Waals surface area contributed by atoms with Gasteiger partial charge in [0.25, 0.3) is 0 Å². The summed E-state index contributed by atoms with van der Waals surface area (Å²) in [6.07, 6.45) is 3.93. The van der Waals surface area contributed by atoms with Gasteiger partial charge in [0.2, 0.25) is 0 Å². The summed E-state index contributed by atoms with van der Waals surface area (Å²) in [7, 11) is 0. The van der Waals surface area contributed by atoms with Crippen molar-refractivity contribution in [2.45, 2.75) is 11.6 Å². The Balaban J connectivity index is 0.00000210. The van der Waals surface area contributed by atoms with Crippen molar-refractivity contribution in [1.29, 1.82) is 0 Å². The molecule has 2 aromatic carbocycles. The van der Waals surface area contributed by atoms with Crippen LogP contribution >= 0.6 is 28.7 Å². The maximum Gasteiger partial charge on any atom is 0.162 e. The van der Waals surface area contributed by atoms with Crippen molar-refractivity contribution >= 4 is 33.9 Å². The molecule has 4 rings (SSSR count). The molecule has 2 aliphatic heterocycles. The van der Waals surface area contributed by atoms with Gasteiger partial charge in [-0.3, -0.25) is 4.99 Å². The van der Waals surface area contributed by atoms with Crippen molar-refractivity contribution in [2.75, 3.05) is 18.8 Å². The Kier molecular flexibility index (Phi) is 6.03. The molecule has 0 bridgehead atoms. The lowest BCUT2D eigenvalue weighted by Crippen LogP contribution is -2.52. The maximum absolute atomic E-state index is 13.9. The van der Waals surface area contributed by atoms with Crippen molar-refractivity contribution < 1.29 is 13.9 Å². The van der Waals surface area contributed by atoms with Crippen molar-refractivity contribution in [3.05, 3.63) is 83.4 Å². The van der Waals surface area contributed by atoms with E-state index in [9.17, 15) is 13.9 Å². The molecular weight excluding hydrogens is 434 g/mol. The minimum absolute atomic E-state index is 0. The second-order valence-corrected chi connectivity index (χ2v) is 7.35. The summed E-state index contributed by atoms with van der Waals surface area (Å²) in [6.45, 7) is 1.10. The van der Waals surface area contributed by atoms with E-state index in [0.717, 1.165) is 10.7 Å². The summed E-state index contributed by atoms with van der Waals surface area (Å²) in [5.74, 6) is -0.850. The number of nitrogens with zero attached hydrogens (tertiary/aromatic N) is 2. The second-order valence-electron chi connectivity index (χ2n) is 6.41. The van der Waals surface area contributed by atoms with Crippen LogP contribution in [-0.4, -0.2) is 39.7 Å². The van der Waals surface area contributed by atoms with Crippen molar-refractivity contribution in [3.8, 4) is 0 Å². The lowest BCUT2D eigenvalue weighted by atomic mass is 9.82. The number of halogens is 3. The standard InChI is InChI=1S/C20H18F2N2OS.BrH/c21-16-8-6-14(7-9-16)18(15-4-3-5-17(22)12-15)20(25)13-26-19-23-10-1-2-11-24(19)20;/h1-9,12,18,25H,10-11,13H2;1H. The van der Waals surface area contributed by atoms with E-state index < -0.39 is 11.6 Å². The molecule has 7 heteroatoms.